The van der Waals surface area contributed by atoms with Crippen LogP contribution in [0.5, 0.6) is 0 Å². The van der Waals surface area contributed by atoms with Crippen molar-refractivity contribution in [3.63, 3.8) is 0 Å². The SMILES string of the molecule is CC1C(=O)ON=C1CC1CCCN1. The quantitative estimate of drug-likeness (QED) is 0.639. The van der Waals surface area contributed by atoms with E-state index in [0.29, 0.717) is 6.04 Å². The van der Waals surface area contributed by atoms with Crippen molar-refractivity contribution in [1.82, 2.24) is 5.32 Å². The highest BCUT2D eigenvalue weighted by Crippen LogP contribution is 2.18. The van der Waals surface area contributed by atoms with E-state index in [2.05, 4.69) is 15.3 Å². The fraction of sp³-hybridized carbons (Fsp3) is 0.778. The van der Waals surface area contributed by atoms with Gasteiger partial charge in [0, 0.05) is 12.5 Å². The molecular formula is C9H14N2O2. The van der Waals surface area contributed by atoms with Crippen molar-refractivity contribution < 1.29 is 9.63 Å². The Bertz CT molecular complexity index is 244. The first-order valence-corrected chi connectivity index (χ1v) is 4.78. The summed E-state index contributed by atoms with van der Waals surface area (Å²) in [5.41, 5.74) is 0.893. The van der Waals surface area contributed by atoms with Gasteiger partial charge in [0.2, 0.25) is 0 Å². The molecule has 4 heteroatoms. The molecule has 0 saturated carbocycles. The van der Waals surface area contributed by atoms with Gasteiger partial charge in [-0.25, -0.2) is 4.79 Å². The summed E-state index contributed by atoms with van der Waals surface area (Å²) in [6.45, 7) is 2.93. The number of carbonyl (C=O) groups is 1. The first-order chi connectivity index (χ1) is 6.27. The summed E-state index contributed by atoms with van der Waals surface area (Å²) in [6.07, 6.45) is 3.26. The molecule has 2 atom stereocenters. The van der Waals surface area contributed by atoms with Crippen LogP contribution in [0.4, 0.5) is 0 Å². The van der Waals surface area contributed by atoms with Gasteiger partial charge in [0.15, 0.2) is 0 Å². The molecule has 2 aliphatic heterocycles. The molecular weight excluding hydrogens is 168 g/mol. The summed E-state index contributed by atoms with van der Waals surface area (Å²) in [4.78, 5) is 15.6. The number of rotatable bonds is 2. The molecule has 0 amide bonds. The van der Waals surface area contributed by atoms with Gasteiger partial charge in [0.05, 0.1) is 11.6 Å². The number of hydrogen-bond donors (Lipinski definition) is 1. The van der Waals surface area contributed by atoms with Crippen LogP contribution in [0.2, 0.25) is 0 Å². The van der Waals surface area contributed by atoms with Crippen LogP contribution < -0.4 is 5.32 Å². The molecule has 0 aromatic rings. The van der Waals surface area contributed by atoms with Gasteiger partial charge >= 0.3 is 5.97 Å². The van der Waals surface area contributed by atoms with Crippen LogP contribution in [0.3, 0.4) is 0 Å². The van der Waals surface area contributed by atoms with Crippen LogP contribution in [0.15, 0.2) is 5.16 Å². The van der Waals surface area contributed by atoms with Gasteiger partial charge in [-0.2, -0.15) is 0 Å². The topological polar surface area (TPSA) is 50.7 Å². The maximum atomic E-state index is 11.0. The molecule has 2 heterocycles. The first kappa shape index (κ1) is 8.69. The minimum Gasteiger partial charge on any atom is -0.318 e. The van der Waals surface area contributed by atoms with Crippen molar-refractivity contribution in [2.24, 2.45) is 11.1 Å². The fourth-order valence-corrected chi connectivity index (χ4v) is 1.80. The average molecular weight is 182 g/mol. The molecule has 4 nitrogen and oxygen atoms in total. The lowest BCUT2D eigenvalue weighted by Crippen LogP contribution is -2.27. The smallest absolute Gasteiger partial charge is 0.318 e. The molecule has 13 heavy (non-hydrogen) atoms. The van der Waals surface area contributed by atoms with Crippen molar-refractivity contribution in [1.29, 1.82) is 0 Å². The summed E-state index contributed by atoms with van der Waals surface area (Å²) >= 11 is 0. The molecule has 0 aromatic heterocycles. The Balaban J connectivity index is 1.91. The molecule has 1 N–H and O–H groups in total. The Kier molecular flexibility index (Phi) is 2.31. The third-order valence-electron chi connectivity index (χ3n) is 2.72. The second-order valence-corrected chi connectivity index (χ2v) is 3.71. The highest BCUT2D eigenvalue weighted by atomic mass is 16.7. The van der Waals surface area contributed by atoms with Crippen LogP contribution in [-0.2, 0) is 9.63 Å². The Morgan fingerprint density at radius 1 is 1.69 bits per heavy atom. The average Bonchev–Trinajstić information content (AvgIpc) is 2.71. The number of nitrogens with one attached hydrogen (secondary N) is 1. The standard InChI is InChI=1S/C9H14N2O2/c1-6-8(11-13-9(6)12)5-7-3-2-4-10-7/h6-7,10H,2-5H2,1H3. The molecule has 2 unspecified atom stereocenters. The summed E-state index contributed by atoms with van der Waals surface area (Å²) in [5.74, 6) is -0.351. The molecule has 0 aromatic carbocycles. The van der Waals surface area contributed by atoms with E-state index >= 15 is 0 Å². The van der Waals surface area contributed by atoms with E-state index < -0.39 is 0 Å². The van der Waals surface area contributed by atoms with Crippen LogP contribution in [0, 0.1) is 5.92 Å². The van der Waals surface area contributed by atoms with Gasteiger partial charge in [-0.15, -0.1) is 0 Å². The maximum absolute atomic E-state index is 11.0. The first-order valence-electron chi connectivity index (χ1n) is 4.78. The molecule has 0 spiro atoms. The van der Waals surface area contributed by atoms with Crippen LogP contribution in [-0.4, -0.2) is 24.3 Å². The minimum atomic E-state index is -0.215. The van der Waals surface area contributed by atoms with Crippen molar-refractivity contribution in [2.75, 3.05) is 6.54 Å². The number of oxime groups is 1. The predicted octanol–water partition coefficient (Wildman–Crippen LogP) is 0.677. The molecule has 2 rings (SSSR count). The van der Waals surface area contributed by atoms with Gasteiger partial charge in [0.25, 0.3) is 0 Å². The molecule has 0 radical (unpaired) electrons. The second-order valence-electron chi connectivity index (χ2n) is 3.71. The van der Waals surface area contributed by atoms with E-state index in [1.807, 2.05) is 6.92 Å². The monoisotopic (exact) mass is 182 g/mol. The van der Waals surface area contributed by atoms with Crippen molar-refractivity contribution in [3.8, 4) is 0 Å². The van der Waals surface area contributed by atoms with Gasteiger partial charge < -0.3 is 10.2 Å². The van der Waals surface area contributed by atoms with Crippen LogP contribution in [0.25, 0.3) is 0 Å². The zero-order valence-electron chi connectivity index (χ0n) is 7.75. The Morgan fingerprint density at radius 3 is 3.08 bits per heavy atom. The number of carbonyl (C=O) groups excluding carboxylic acids is 1. The number of nitrogens with zero attached hydrogens (tertiary/aromatic N) is 1. The Hall–Kier alpha value is -0.900. The van der Waals surface area contributed by atoms with Gasteiger partial charge in [-0.3, -0.25) is 0 Å². The molecule has 0 bridgehead atoms. The minimum absolute atomic E-state index is 0.137. The van der Waals surface area contributed by atoms with E-state index in [4.69, 9.17) is 0 Å². The zero-order chi connectivity index (χ0) is 9.26. The van der Waals surface area contributed by atoms with E-state index in [9.17, 15) is 4.79 Å². The van der Waals surface area contributed by atoms with Crippen LogP contribution >= 0.6 is 0 Å². The maximum Gasteiger partial charge on any atom is 0.343 e. The molecule has 0 aliphatic carbocycles. The highest BCUT2D eigenvalue weighted by molar-refractivity contribution is 6.04. The lowest BCUT2D eigenvalue weighted by molar-refractivity contribution is -0.142. The van der Waals surface area contributed by atoms with Crippen molar-refractivity contribution in [3.05, 3.63) is 0 Å². The lowest BCUT2D eigenvalue weighted by Gasteiger charge is -2.09. The van der Waals surface area contributed by atoms with Gasteiger partial charge in [-0.05, 0) is 26.3 Å². The van der Waals surface area contributed by atoms with E-state index in [1.165, 1.54) is 12.8 Å². The summed E-state index contributed by atoms with van der Waals surface area (Å²) < 4.78 is 0. The normalized spacial score (nSPS) is 33.3. The van der Waals surface area contributed by atoms with Crippen molar-refractivity contribution >= 4 is 11.7 Å². The lowest BCUT2D eigenvalue weighted by atomic mass is 9.99. The van der Waals surface area contributed by atoms with E-state index in [1.54, 1.807) is 0 Å². The predicted molar refractivity (Wildman–Crippen MR) is 48.3 cm³/mol. The summed E-state index contributed by atoms with van der Waals surface area (Å²) in [6, 6.07) is 0.496. The Morgan fingerprint density at radius 2 is 2.54 bits per heavy atom. The van der Waals surface area contributed by atoms with Gasteiger partial charge in [0.1, 0.15) is 0 Å². The fourth-order valence-electron chi connectivity index (χ4n) is 1.80. The summed E-state index contributed by atoms with van der Waals surface area (Å²) in [5, 5.41) is 7.16. The molecule has 1 saturated heterocycles. The van der Waals surface area contributed by atoms with E-state index in [0.717, 1.165) is 18.7 Å². The number of hydrogen-bond acceptors (Lipinski definition) is 4. The molecule has 2 aliphatic rings. The highest BCUT2D eigenvalue weighted by Gasteiger charge is 2.30. The molecule has 72 valence electrons. The van der Waals surface area contributed by atoms with Crippen molar-refractivity contribution in [2.45, 2.75) is 32.2 Å². The third kappa shape index (κ3) is 1.72. The van der Waals surface area contributed by atoms with Crippen LogP contribution in [0.1, 0.15) is 26.2 Å². The third-order valence-corrected chi connectivity index (χ3v) is 2.72. The van der Waals surface area contributed by atoms with E-state index in [-0.39, 0.29) is 11.9 Å². The van der Waals surface area contributed by atoms with Gasteiger partial charge in [-0.1, -0.05) is 5.16 Å². The summed E-state index contributed by atoms with van der Waals surface area (Å²) in [7, 11) is 0. The second kappa shape index (κ2) is 3.46. The molecule has 1 fully saturated rings. The largest absolute Gasteiger partial charge is 0.343 e. The zero-order valence-corrected chi connectivity index (χ0v) is 7.75. The Labute approximate surface area is 77.3 Å².